The summed E-state index contributed by atoms with van der Waals surface area (Å²) in [5.41, 5.74) is 7.12. The third kappa shape index (κ3) is 4.67. The van der Waals surface area contributed by atoms with E-state index in [0.717, 1.165) is 5.56 Å². The number of rotatable bonds is 6. The summed E-state index contributed by atoms with van der Waals surface area (Å²) in [4.78, 5) is 0. The summed E-state index contributed by atoms with van der Waals surface area (Å²) in [6.45, 7) is 0.343. The molecule has 0 radical (unpaired) electrons. The van der Waals surface area contributed by atoms with Gasteiger partial charge < -0.3 is 16.3 Å². The maximum absolute atomic E-state index is 12.8. The largest absolute Gasteiger partial charge is 0.490 e. The van der Waals surface area contributed by atoms with Gasteiger partial charge in [-0.15, -0.1) is 0 Å². The van der Waals surface area contributed by atoms with Crippen molar-refractivity contribution in [2.75, 3.05) is 6.61 Å². The van der Waals surface area contributed by atoms with Gasteiger partial charge in [-0.25, -0.2) is 4.39 Å². The molecule has 0 amide bonds. The third-order valence-electron chi connectivity index (χ3n) is 3.02. The molecule has 2 aromatic rings. The van der Waals surface area contributed by atoms with Crippen LogP contribution in [0.1, 0.15) is 11.1 Å². The molecular weight excluding hydrogens is 295 g/mol. The Kier molecular flexibility index (Phi) is 5.46. The van der Waals surface area contributed by atoms with Gasteiger partial charge in [-0.3, -0.25) is 5.41 Å². The van der Waals surface area contributed by atoms with Gasteiger partial charge in [0.25, 0.3) is 0 Å². The van der Waals surface area contributed by atoms with Crippen molar-refractivity contribution in [3.05, 3.63) is 71.6 Å². The minimum atomic E-state index is -0.266. The Labute approximate surface area is 133 Å². The topological polar surface area (TPSA) is 97.5 Å². The lowest BCUT2D eigenvalue weighted by Gasteiger charge is -2.07. The standard InChI is InChI=1S/C17H17FN4O/c18-14-8-6-12(7-9-14)3-2-10-23-15-5-1-4-13(11-15)16(22-21)17(19)20/h1-9,11H,10,21H2,(H3,19,20)/b3-2+,22-16?. The number of hydrazone groups is 1. The number of hydrogen-bond acceptors (Lipinski definition) is 4. The van der Waals surface area contributed by atoms with E-state index in [0.29, 0.717) is 17.9 Å². The second-order valence-corrected chi connectivity index (χ2v) is 4.68. The zero-order chi connectivity index (χ0) is 16.7. The lowest BCUT2D eigenvalue weighted by molar-refractivity contribution is 0.363. The van der Waals surface area contributed by atoms with E-state index in [1.54, 1.807) is 36.4 Å². The first kappa shape index (κ1) is 16.2. The summed E-state index contributed by atoms with van der Waals surface area (Å²) in [6, 6.07) is 13.2. The van der Waals surface area contributed by atoms with Gasteiger partial charge in [0.05, 0.1) is 0 Å². The maximum atomic E-state index is 12.8. The molecule has 0 aliphatic heterocycles. The highest BCUT2D eigenvalue weighted by Crippen LogP contribution is 2.14. The summed E-state index contributed by atoms with van der Waals surface area (Å²) in [7, 11) is 0. The van der Waals surface area contributed by atoms with Crippen LogP contribution in [0.3, 0.4) is 0 Å². The lowest BCUT2D eigenvalue weighted by atomic mass is 10.1. The lowest BCUT2D eigenvalue weighted by Crippen LogP contribution is -2.24. The fourth-order valence-electron chi connectivity index (χ4n) is 1.94. The van der Waals surface area contributed by atoms with E-state index in [4.69, 9.17) is 21.7 Å². The van der Waals surface area contributed by atoms with Gasteiger partial charge >= 0.3 is 0 Å². The monoisotopic (exact) mass is 312 g/mol. The SMILES string of the molecule is N=C(N)C(=NN)c1cccc(OC/C=C/c2ccc(F)cc2)c1. The maximum Gasteiger partial charge on any atom is 0.144 e. The van der Waals surface area contributed by atoms with E-state index in [1.165, 1.54) is 12.1 Å². The number of nitrogens with zero attached hydrogens (tertiary/aromatic N) is 1. The zero-order valence-electron chi connectivity index (χ0n) is 12.4. The van der Waals surface area contributed by atoms with Crippen LogP contribution in [0, 0.1) is 11.2 Å². The van der Waals surface area contributed by atoms with Crippen molar-refractivity contribution in [3.8, 4) is 5.75 Å². The molecule has 0 atom stereocenters. The fraction of sp³-hybridized carbons (Fsp3) is 0.0588. The molecule has 118 valence electrons. The number of hydrogen-bond donors (Lipinski definition) is 3. The molecule has 0 fully saturated rings. The number of nitrogens with two attached hydrogens (primary N) is 2. The molecule has 0 saturated carbocycles. The van der Waals surface area contributed by atoms with Crippen LogP contribution in [0.2, 0.25) is 0 Å². The Bertz CT molecular complexity index is 739. The van der Waals surface area contributed by atoms with Crippen LogP contribution >= 0.6 is 0 Å². The van der Waals surface area contributed by atoms with Crippen molar-refractivity contribution in [3.63, 3.8) is 0 Å². The molecule has 6 heteroatoms. The first-order chi connectivity index (χ1) is 11.1. The number of benzene rings is 2. The highest BCUT2D eigenvalue weighted by molar-refractivity contribution is 6.45. The molecule has 5 N–H and O–H groups in total. The van der Waals surface area contributed by atoms with Crippen molar-refractivity contribution in [1.82, 2.24) is 0 Å². The molecule has 5 nitrogen and oxygen atoms in total. The summed E-state index contributed by atoms with van der Waals surface area (Å²) < 4.78 is 18.4. The Morgan fingerprint density at radius 2 is 1.96 bits per heavy atom. The molecule has 0 heterocycles. The highest BCUT2D eigenvalue weighted by atomic mass is 19.1. The first-order valence-corrected chi connectivity index (χ1v) is 6.88. The van der Waals surface area contributed by atoms with Crippen LogP contribution in [0.15, 0.2) is 59.7 Å². The van der Waals surface area contributed by atoms with Gasteiger partial charge in [0.1, 0.15) is 29.7 Å². The van der Waals surface area contributed by atoms with E-state index in [9.17, 15) is 4.39 Å². The quantitative estimate of drug-likeness (QED) is 0.331. The summed E-state index contributed by atoms with van der Waals surface area (Å²) in [5.74, 6) is 5.37. The summed E-state index contributed by atoms with van der Waals surface area (Å²) in [6.07, 6.45) is 3.66. The van der Waals surface area contributed by atoms with E-state index < -0.39 is 0 Å². The number of amidine groups is 1. The van der Waals surface area contributed by atoms with Crippen LogP contribution in [-0.4, -0.2) is 18.2 Å². The molecule has 0 unspecified atom stereocenters. The summed E-state index contributed by atoms with van der Waals surface area (Å²) in [5, 5.41) is 10.9. The Morgan fingerprint density at radius 1 is 1.22 bits per heavy atom. The van der Waals surface area contributed by atoms with E-state index in [1.807, 2.05) is 12.2 Å². The van der Waals surface area contributed by atoms with Gasteiger partial charge in [0.2, 0.25) is 0 Å². The normalized spacial score (nSPS) is 11.6. The second-order valence-electron chi connectivity index (χ2n) is 4.68. The van der Waals surface area contributed by atoms with Crippen molar-refractivity contribution in [2.45, 2.75) is 0 Å². The molecule has 0 aromatic heterocycles. The Hall–Kier alpha value is -3.15. The zero-order valence-corrected chi connectivity index (χ0v) is 12.4. The van der Waals surface area contributed by atoms with Gasteiger partial charge in [0.15, 0.2) is 0 Å². The number of halogens is 1. The van der Waals surface area contributed by atoms with Crippen molar-refractivity contribution < 1.29 is 9.13 Å². The molecule has 0 saturated heterocycles. The van der Waals surface area contributed by atoms with E-state index >= 15 is 0 Å². The number of ether oxygens (including phenoxy) is 1. The molecule has 2 rings (SSSR count). The van der Waals surface area contributed by atoms with E-state index in [2.05, 4.69) is 5.10 Å². The molecule has 23 heavy (non-hydrogen) atoms. The van der Waals surface area contributed by atoms with Crippen LogP contribution in [-0.2, 0) is 0 Å². The smallest absolute Gasteiger partial charge is 0.144 e. The Morgan fingerprint density at radius 3 is 2.61 bits per heavy atom. The second kappa shape index (κ2) is 7.74. The molecular formula is C17H17FN4O. The molecule has 0 aliphatic carbocycles. The van der Waals surface area contributed by atoms with Crippen molar-refractivity contribution >= 4 is 17.6 Å². The molecule has 2 aromatic carbocycles. The Balaban J connectivity index is 1.98. The van der Waals surface area contributed by atoms with Gasteiger partial charge in [0, 0.05) is 5.56 Å². The summed E-state index contributed by atoms with van der Waals surface area (Å²) >= 11 is 0. The molecule has 0 bridgehead atoms. The van der Waals surface area contributed by atoms with Gasteiger partial charge in [-0.1, -0.05) is 30.3 Å². The van der Waals surface area contributed by atoms with Crippen molar-refractivity contribution in [1.29, 1.82) is 5.41 Å². The third-order valence-corrected chi connectivity index (χ3v) is 3.02. The molecule has 0 spiro atoms. The van der Waals surface area contributed by atoms with E-state index in [-0.39, 0.29) is 17.4 Å². The van der Waals surface area contributed by atoms with Crippen molar-refractivity contribution in [2.24, 2.45) is 16.7 Å². The van der Waals surface area contributed by atoms with Gasteiger partial charge in [-0.05, 0) is 35.9 Å². The average Bonchev–Trinajstić information content (AvgIpc) is 2.54. The fourth-order valence-corrected chi connectivity index (χ4v) is 1.94. The van der Waals surface area contributed by atoms with Crippen LogP contribution < -0.4 is 16.3 Å². The minimum Gasteiger partial charge on any atom is -0.490 e. The molecule has 0 aliphatic rings. The predicted molar refractivity (Wildman–Crippen MR) is 90.0 cm³/mol. The van der Waals surface area contributed by atoms with Crippen LogP contribution in [0.5, 0.6) is 5.75 Å². The average molecular weight is 312 g/mol. The minimum absolute atomic E-state index is 0.206. The van der Waals surface area contributed by atoms with Gasteiger partial charge in [-0.2, -0.15) is 5.10 Å². The first-order valence-electron chi connectivity index (χ1n) is 6.88. The predicted octanol–water partition coefficient (Wildman–Crippen LogP) is 2.52. The van der Waals surface area contributed by atoms with Crippen LogP contribution in [0.4, 0.5) is 4.39 Å². The van der Waals surface area contributed by atoms with Crippen LogP contribution in [0.25, 0.3) is 6.08 Å². The highest BCUT2D eigenvalue weighted by Gasteiger charge is 2.07. The number of nitrogens with one attached hydrogen (secondary N) is 1.